The molecule has 3 aromatic carbocycles. The Hall–Kier alpha value is -4.78. The molecular weight excluding hydrogens is 470 g/mol. The first-order chi connectivity index (χ1) is 17.9. The van der Waals surface area contributed by atoms with Gasteiger partial charge in [0.15, 0.2) is 0 Å². The molecule has 0 saturated carbocycles. The van der Waals surface area contributed by atoms with Crippen LogP contribution in [0.4, 0.5) is 0 Å². The summed E-state index contributed by atoms with van der Waals surface area (Å²) in [6.07, 6.45) is 1.48. The number of aryl methyl sites for hydroxylation is 1. The van der Waals surface area contributed by atoms with E-state index in [1.165, 1.54) is 23.3 Å². The number of nitrogens with zero attached hydrogens (tertiary/aromatic N) is 1. The summed E-state index contributed by atoms with van der Waals surface area (Å²) in [5.41, 5.74) is 2.99. The molecule has 1 atom stereocenters. The first-order valence-corrected chi connectivity index (χ1v) is 11.8. The molecule has 2 N–H and O–H groups in total. The summed E-state index contributed by atoms with van der Waals surface area (Å²) in [5, 5.41) is 21.3. The second-order valence-electron chi connectivity index (χ2n) is 8.84. The minimum Gasteiger partial charge on any atom is -0.508 e. The highest BCUT2D eigenvalue weighted by Crippen LogP contribution is 2.41. The Morgan fingerprint density at radius 2 is 1.76 bits per heavy atom. The van der Waals surface area contributed by atoms with Crippen LogP contribution in [0.5, 0.6) is 11.5 Å². The number of phenols is 1. The fourth-order valence-electron chi connectivity index (χ4n) is 4.45. The lowest BCUT2D eigenvalue weighted by Crippen LogP contribution is -2.29. The molecule has 0 unspecified atom stereocenters. The van der Waals surface area contributed by atoms with Crippen molar-refractivity contribution in [3.63, 3.8) is 0 Å². The van der Waals surface area contributed by atoms with E-state index in [1.54, 1.807) is 48.5 Å². The molecule has 1 aliphatic heterocycles. The Morgan fingerprint density at radius 3 is 2.46 bits per heavy atom. The maximum absolute atomic E-state index is 13.2. The van der Waals surface area contributed by atoms with Crippen LogP contribution in [0.25, 0.3) is 5.76 Å². The number of hydrogen-bond acceptors (Lipinski definition) is 6. The van der Waals surface area contributed by atoms with Crippen LogP contribution < -0.4 is 4.74 Å². The average molecular weight is 496 g/mol. The van der Waals surface area contributed by atoms with Crippen LogP contribution in [0.2, 0.25) is 0 Å². The fraction of sp³-hybridized carbons (Fsp3) is 0.133. The molecule has 37 heavy (non-hydrogen) atoms. The molecule has 186 valence electrons. The molecule has 5 rings (SSSR count). The average Bonchev–Trinajstić information content (AvgIpc) is 3.50. The van der Waals surface area contributed by atoms with Crippen molar-refractivity contribution in [2.75, 3.05) is 0 Å². The van der Waals surface area contributed by atoms with Crippen molar-refractivity contribution >= 4 is 17.4 Å². The zero-order valence-corrected chi connectivity index (χ0v) is 20.1. The molecule has 1 saturated heterocycles. The van der Waals surface area contributed by atoms with Crippen molar-refractivity contribution in [3.05, 3.63) is 125 Å². The van der Waals surface area contributed by atoms with Gasteiger partial charge in [0.25, 0.3) is 11.7 Å². The zero-order chi connectivity index (χ0) is 25.9. The zero-order valence-electron chi connectivity index (χ0n) is 20.1. The number of rotatable bonds is 7. The molecule has 1 amide bonds. The molecule has 1 fully saturated rings. The molecule has 1 aliphatic rings. The molecular formula is C30H25NO6. The SMILES string of the molecule is Cc1ccccc1COc1ccc(/C(O)=C2\C(=O)C(=O)N(Cc3ccco3)[C@@H]2c2cccc(O)c2)cc1. The van der Waals surface area contributed by atoms with Crippen molar-refractivity contribution < 1.29 is 29.0 Å². The number of amides is 1. The number of aliphatic hydroxyl groups excluding tert-OH is 1. The van der Waals surface area contributed by atoms with Crippen LogP contribution in [0.15, 0.2) is 101 Å². The number of ether oxygens (including phenoxy) is 1. The first kappa shape index (κ1) is 23.9. The number of aromatic hydroxyl groups is 1. The van der Waals surface area contributed by atoms with Crippen LogP contribution >= 0.6 is 0 Å². The maximum atomic E-state index is 13.2. The second-order valence-corrected chi connectivity index (χ2v) is 8.84. The number of carbonyl (C=O) groups excluding carboxylic acids is 2. The number of hydrogen-bond donors (Lipinski definition) is 2. The molecule has 4 aromatic rings. The van der Waals surface area contributed by atoms with Gasteiger partial charge in [-0.3, -0.25) is 9.59 Å². The van der Waals surface area contributed by atoms with Gasteiger partial charge >= 0.3 is 0 Å². The normalized spacial score (nSPS) is 16.8. The Labute approximate surface area is 213 Å². The van der Waals surface area contributed by atoms with Crippen molar-refractivity contribution in [3.8, 4) is 11.5 Å². The number of aliphatic hydroxyl groups is 1. The molecule has 0 radical (unpaired) electrons. The summed E-state index contributed by atoms with van der Waals surface area (Å²) in [4.78, 5) is 27.5. The van der Waals surface area contributed by atoms with E-state index in [4.69, 9.17) is 9.15 Å². The molecule has 2 heterocycles. The van der Waals surface area contributed by atoms with E-state index in [9.17, 15) is 19.8 Å². The first-order valence-electron chi connectivity index (χ1n) is 11.8. The molecule has 0 aliphatic carbocycles. The number of phenolic OH excluding ortho intramolecular Hbond substituents is 1. The van der Waals surface area contributed by atoms with Gasteiger partial charge in [-0.2, -0.15) is 0 Å². The van der Waals surface area contributed by atoms with Gasteiger partial charge in [0.05, 0.1) is 24.4 Å². The van der Waals surface area contributed by atoms with Crippen LogP contribution in [0.3, 0.4) is 0 Å². The number of ketones is 1. The van der Waals surface area contributed by atoms with Gasteiger partial charge in [0, 0.05) is 5.56 Å². The molecule has 0 spiro atoms. The van der Waals surface area contributed by atoms with E-state index in [-0.39, 0.29) is 23.6 Å². The van der Waals surface area contributed by atoms with Gasteiger partial charge in [-0.15, -0.1) is 0 Å². The standard InChI is InChI=1S/C30H25NO6/c1-19-6-2-3-7-22(19)18-37-24-13-11-20(12-14-24)28(33)26-27(21-8-4-9-23(32)16-21)31(30(35)29(26)34)17-25-10-5-15-36-25/h2-16,27,32-33H,17-18H2,1H3/b28-26+/t27-/m1/s1. The lowest BCUT2D eigenvalue weighted by Gasteiger charge is -2.24. The largest absolute Gasteiger partial charge is 0.508 e. The topological polar surface area (TPSA) is 100 Å². The van der Waals surface area contributed by atoms with Crippen molar-refractivity contribution in [2.24, 2.45) is 0 Å². The quantitative estimate of drug-likeness (QED) is 0.200. The van der Waals surface area contributed by atoms with Crippen molar-refractivity contribution in [2.45, 2.75) is 26.1 Å². The highest BCUT2D eigenvalue weighted by Gasteiger charge is 2.46. The predicted molar refractivity (Wildman–Crippen MR) is 137 cm³/mol. The Morgan fingerprint density at radius 1 is 0.973 bits per heavy atom. The summed E-state index contributed by atoms with van der Waals surface area (Å²) < 4.78 is 11.3. The van der Waals surface area contributed by atoms with E-state index in [2.05, 4.69) is 0 Å². The minimum absolute atomic E-state index is 0.0174. The molecule has 7 heteroatoms. The van der Waals surface area contributed by atoms with Crippen molar-refractivity contribution in [1.29, 1.82) is 0 Å². The summed E-state index contributed by atoms with van der Waals surface area (Å²) in [6, 6.07) is 23.4. The molecule has 0 bridgehead atoms. The highest BCUT2D eigenvalue weighted by atomic mass is 16.5. The van der Waals surface area contributed by atoms with Gasteiger partial charge in [0.1, 0.15) is 29.6 Å². The lowest BCUT2D eigenvalue weighted by molar-refractivity contribution is -0.140. The Balaban J connectivity index is 1.47. The van der Waals surface area contributed by atoms with Crippen molar-refractivity contribution in [1.82, 2.24) is 4.90 Å². The number of likely N-dealkylation sites (tertiary alicyclic amines) is 1. The van der Waals surface area contributed by atoms with E-state index < -0.39 is 17.7 Å². The monoisotopic (exact) mass is 495 g/mol. The number of furan rings is 1. The summed E-state index contributed by atoms with van der Waals surface area (Å²) in [5.74, 6) is -0.804. The second kappa shape index (κ2) is 10.1. The van der Waals surface area contributed by atoms with Gasteiger partial charge in [-0.25, -0.2) is 0 Å². The summed E-state index contributed by atoms with van der Waals surface area (Å²) in [6.45, 7) is 2.44. The number of carbonyl (C=O) groups is 2. The smallest absolute Gasteiger partial charge is 0.296 e. The maximum Gasteiger partial charge on any atom is 0.296 e. The van der Waals surface area contributed by atoms with E-state index in [0.29, 0.717) is 29.2 Å². The van der Waals surface area contributed by atoms with Crippen LogP contribution in [0, 0.1) is 6.92 Å². The molecule has 1 aromatic heterocycles. The third-order valence-electron chi connectivity index (χ3n) is 6.42. The Bertz CT molecular complexity index is 1470. The number of benzene rings is 3. The van der Waals surface area contributed by atoms with Crippen LogP contribution in [-0.2, 0) is 22.7 Å². The van der Waals surface area contributed by atoms with Gasteiger partial charge in [-0.05, 0) is 72.1 Å². The van der Waals surface area contributed by atoms with Gasteiger partial charge in [-0.1, -0.05) is 36.4 Å². The van der Waals surface area contributed by atoms with Crippen LogP contribution in [0.1, 0.15) is 34.1 Å². The van der Waals surface area contributed by atoms with Gasteiger partial charge < -0.3 is 24.3 Å². The third kappa shape index (κ3) is 4.84. The summed E-state index contributed by atoms with van der Waals surface area (Å²) >= 11 is 0. The van der Waals surface area contributed by atoms with Crippen LogP contribution in [-0.4, -0.2) is 26.8 Å². The Kier molecular flexibility index (Phi) is 6.51. The summed E-state index contributed by atoms with van der Waals surface area (Å²) in [7, 11) is 0. The minimum atomic E-state index is -0.908. The predicted octanol–water partition coefficient (Wildman–Crippen LogP) is 5.49. The number of Topliss-reactive ketones (excluding diaryl/α,β-unsaturated/α-hetero) is 1. The third-order valence-corrected chi connectivity index (χ3v) is 6.42. The fourth-order valence-corrected chi connectivity index (χ4v) is 4.45. The van der Waals surface area contributed by atoms with E-state index in [0.717, 1.165) is 11.1 Å². The van der Waals surface area contributed by atoms with E-state index in [1.807, 2.05) is 31.2 Å². The van der Waals surface area contributed by atoms with E-state index >= 15 is 0 Å². The lowest BCUT2D eigenvalue weighted by atomic mass is 9.95. The highest BCUT2D eigenvalue weighted by molar-refractivity contribution is 6.46. The molecule has 7 nitrogen and oxygen atoms in total. The van der Waals surface area contributed by atoms with Gasteiger partial charge in [0.2, 0.25) is 0 Å².